The monoisotopic (exact) mass is 282 g/mol. The third-order valence-electron chi connectivity index (χ3n) is 2.77. The van der Waals surface area contributed by atoms with Crippen LogP contribution in [0.15, 0.2) is 24.3 Å². The third kappa shape index (κ3) is 6.52. The molecule has 106 valence electrons. The number of hydrogen-bond donors (Lipinski definition) is 1. The summed E-state index contributed by atoms with van der Waals surface area (Å²) in [5.74, 6) is 0.838. The summed E-state index contributed by atoms with van der Waals surface area (Å²) in [5, 5.41) is 0. The van der Waals surface area contributed by atoms with Crippen LogP contribution in [-0.2, 0) is 4.74 Å². The van der Waals surface area contributed by atoms with Crippen LogP contribution in [0.1, 0.15) is 12.0 Å². The van der Waals surface area contributed by atoms with Crippen molar-refractivity contribution in [3.63, 3.8) is 0 Å². The number of ether oxygens (including phenoxy) is 2. The van der Waals surface area contributed by atoms with Crippen molar-refractivity contribution in [3.05, 3.63) is 29.8 Å². The molecule has 0 aliphatic carbocycles. The van der Waals surface area contributed by atoms with Crippen LogP contribution in [0.3, 0.4) is 0 Å². The van der Waals surface area contributed by atoms with E-state index in [1.54, 1.807) is 7.11 Å². The van der Waals surface area contributed by atoms with Crippen molar-refractivity contribution in [1.82, 2.24) is 4.90 Å². The Morgan fingerprint density at radius 3 is 2.47 bits per heavy atom. The predicted octanol–water partition coefficient (Wildman–Crippen LogP) is 1.67. The smallest absolute Gasteiger partial charge is 0.119 e. The van der Waals surface area contributed by atoms with Gasteiger partial charge in [-0.2, -0.15) is 0 Å². The summed E-state index contributed by atoms with van der Waals surface area (Å²) in [4.78, 5) is 2.63. The van der Waals surface area contributed by atoms with Crippen molar-refractivity contribution in [1.29, 1.82) is 0 Å². The number of nitrogens with two attached hydrogens (primary N) is 1. The highest BCUT2D eigenvalue weighted by molar-refractivity contribution is 7.80. The number of likely N-dealkylation sites (N-methyl/N-ethyl adjacent to an activating group) is 1. The van der Waals surface area contributed by atoms with E-state index in [2.05, 4.69) is 11.9 Å². The zero-order valence-electron chi connectivity index (χ0n) is 11.6. The molecule has 0 saturated heterocycles. The second-order valence-corrected chi connectivity index (χ2v) is 4.83. The maximum atomic E-state index is 5.66. The molecule has 0 aliphatic rings. The molecule has 4 nitrogen and oxygen atoms in total. The van der Waals surface area contributed by atoms with E-state index in [9.17, 15) is 0 Å². The van der Waals surface area contributed by atoms with Gasteiger partial charge in [-0.05, 0) is 37.7 Å². The van der Waals surface area contributed by atoms with Crippen LogP contribution in [0.5, 0.6) is 5.75 Å². The zero-order chi connectivity index (χ0) is 14.1. The molecule has 0 fully saturated rings. The van der Waals surface area contributed by atoms with Crippen LogP contribution in [0.2, 0.25) is 0 Å². The van der Waals surface area contributed by atoms with Gasteiger partial charge in [0.1, 0.15) is 17.3 Å². The van der Waals surface area contributed by atoms with Gasteiger partial charge in [0.05, 0.1) is 0 Å². The van der Waals surface area contributed by atoms with Gasteiger partial charge in [-0.1, -0.05) is 12.2 Å². The van der Waals surface area contributed by atoms with Crippen molar-refractivity contribution in [2.75, 3.05) is 40.5 Å². The molecule has 0 saturated carbocycles. The fourth-order valence-electron chi connectivity index (χ4n) is 1.63. The molecule has 1 rings (SSSR count). The van der Waals surface area contributed by atoms with E-state index in [4.69, 9.17) is 27.4 Å². The molecule has 0 aliphatic heterocycles. The molecule has 0 amide bonds. The summed E-state index contributed by atoms with van der Waals surface area (Å²) in [7, 11) is 3.80. The fourth-order valence-corrected chi connectivity index (χ4v) is 1.76. The van der Waals surface area contributed by atoms with Crippen LogP contribution < -0.4 is 10.5 Å². The van der Waals surface area contributed by atoms with Gasteiger partial charge in [-0.25, -0.2) is 0 Å². The lowest BCUT2D eigenvalue weighted by Crippen LogP contribution is -2.26. The summed E-state index contributed by atoms with van der Waals surface area (Å²) in [6.07, 6.45) is 1.04. The Hall–Kier alpha value is -1.17. The second kappa shape index (κ2) is 8.85. The van der Waals surface area contributed by atoms with Crippen molar-refractivity contribution in [2.24, 2.45) is 5.73 Å². The Kier molecular flexibility index (Phi) is 7.40. The fraction of sp³-hybridized carbons (Fsp3) is 0.500. The number of thiocarbonyl (C=S) groups is 1. The Morgan fingerprint density at radius 2 is 1.89 bits per heavy atom. The topological polar surface area (TPSA) is 47.7 Å². The lowest BCUT2D eigenvalue weighted by molar-refractivity contribution is 0.172. The highest BCUT2D eigenvalue weighted by Gasteiger charge is 2.00. The molecular formula is C14H22N2O2S. The number of methoxy groups -OCH3 is 1. The molecule has 1 aromatic rings. The van der Waals surface area contributed by atoms with E-state index in [1.165, 1.54) is 0 Å². The van der Waals surface area contributed by atoms with Crippen molar-refractivity contribution in [3.8, 4) is 5.75 Å². The first-order valence-electron chi connectivity index (χ1n) is 6.33. The van der Waals surface area contributed by atoms with Gasteiger partial charge in [0.25, 0.3) is 0 Å². The van der Waals surface area contributed by atoms with Gasteiger partial charge in [0, 0.05) is 32.4 Å². The van der Waals surface area contributed by atoms with Crippen molar-refractivity contribution < 1.29 is 9.47 Å². The zero-order valence-corrected chi connectivity index (χ0v) is 12.4. The minimum atomic E-state index is 0.407. The molecule has 0 heterocycles. The first-order chi connectivity index (χ1) is 9.13. The second-order valence-electron chi connectivity index (χ2n) is 4.39. The Balaban J connectivity index is 2.23. The molecule has 19 heavy (non-hydrogen) atoms. The van der Waals surface area contributed by atoms with Crippen molar-refractivity contribution in [2.45, 2.75) is 6.42 Å². The maximum absolute atomic E-state index is 5.66. The molecule has 0 unspecified atom stereocenters. The Morgan fingerprint density at radius 1 is 1.21 bits per heavy atom. The van der Waals surface area contributed by atoms with Gasteiger partial charge < -0.3 is 20.1 Å². The standard InChI is InChI=1S/C14H22N2O2S/c1-16(8-3-10-17-2)9-11-18-13-6-4-12(5-7-13)14(15)19/h4-7H,3,8-11H2,1-2H3,(H2,15,19). The molecule has 5 heteroatoms. The van der Waals surface area contributed by atoms with Gasteiger partial charge in [0.2, 0.25) is 0 Å². The molecule has 0 bridgehead atoms. The molecule has 2 N–H and O–H groups in total. The summed E-state index contributed by atoms with van der Waals surface area (Å²) >= 11 is 4.90. The van der Waals surface area contributed by atoms with Gasteiger partial charge in [0.15, 0.2) is 0 Å². The average Bonchev–Trinajstić information content (AvgIpc) is 2.39. The van der Waals surface area contributed by atoms with Gasteiger partial charge in [-0.15, -0.1) is 0 Å². The van der Waals surface area contributed by atoms with Crippen LogP contribution in [0.4, 0.5) is 0 Å². The lowest BCUT2D eigenvalue weighted by atomic mass is 10.2. The molecule has 0 atom stereocenters. The molecule has 0 aromatic heterocycles. The van der Waals surface area contributed by atoms with E-state index in [0.29, 0.717) is 11.6 Å². The van der Waals surface area contributed by atoms with Crippen LogP contribution in [-0.4, -0.2) is 50.3 Å². The Labute approximate surface area is 120 Å². The number of hydrogen-bond acceptors (Lipinski definition) is 4. The maximum Gasteiger partial charge on any atom is 0.119 e. The molecule has 0 spiro atoms. The molecule has 1 aromatic carbocycles. The third-order valence-corrected chi connectivity index (χ3v) is 3.00. The predicted molar refractivity (Wildman–Crippen MR) is 81.8 cm³/mol. The number of rotatable bonds is 9. The van der Waals surface area contributed by atoms with E-state index < -0.39 is 0 Å². The molecular weight excluding hydrogens is 260 g/mol. The van der Waals surface area contributed by atoms with Crippen LogP contribution in [0, 0.1) is 0 Å². The summed E-state index contributed by atoms with van der Waals surface area (Å²) in [5.41, 5.74) is 6.40. The number of nitrogens with zero attached hydrogens (tertiary/aromatic N) is 1. The highest BCUT2D eigenvalue weighted by atomic mass is 32.1. The van der Waals surface area contributed by atoms with E-state index in [0.717, 1.165) is 37.4 Å². The highest BCUT2D eigenvalue weighted by Crippen LogP contribution is 2.11. The minimum absolute atomic E-state index is 0.407. The average molecular weight is 282 g/mol. The normalized spacial score (nSPS) is 10.7. The summed E-state index contributed by atoms with van der Waals surface area (Å²) < 4.78 is 10.7. The van der Waals surface area contributed by atoms with E-state index >= 15 is 0 Å². The first kappa shape index (κ1) is 15.9. The molecule has 0 radical (unpaired) electrons. The van der Waals surface area contributed by atoms with Gasteiger partial charge in [-0.3, -0.25) is 0 Å². The van der Waals surface area contributed by atoms with Crippen molar-refractivity contribution >= 4 is 17.2 Å². The largest absolute Gasteiger partial charge is 0.492 e. The van der Waals surface area contributed by atoms with E-state index in [-0.39, 0.29) is 0 Å². The SMILES string of the molecule is COCCCN(C)CCOc1ccc(C(N)=S)cc1. The number of benzene rings is 1. The quantitative estimate of drug-likeness (QED) is 0.551. The first-order valence-corrected chi connectivity index (χ1v) is 6.74. The lowest BCUT2D eigenvalue weighted by Gasteiger charge is -2.16. The minimum Gasteiger partial charge on any atom is -0.492 e. The van der Waals surface area contributed by atoms with Crippen LogP contribution in [0.25, 0.3) is 0 Å². The van der Waals surface area contributed by atoms with E-state index in [1.807, 2.05) is 24.3 Å². The van der Waals surface area contributed by atoms with Crippen LogP contribution >= 0.6 is 12.2 Å². The Bertz CT molecular complexity index is 382. The van der Waals surface area contributed by atoms with Gasteiger partial charge >= 0.3 is 0 Å². The summed E-state index contributed by atoms with van der Waals surface area (Å²) in [6.45, 7) is 3.36. The summed E-state index contributed by atoms with van der Waals surface area (Å²) in [6, 6.07) is 7.53.